The molecule has 94 valence electrons. The number of carboxylic acid groups (broad SMARTS) is 1. The van der Waals surface area contributed by atoms with Gasteiger partial charge in [0.05, 0.1) is 11.9 Å². The molecule has 18 heavy (non-hydrogen) atoms. The van der Waals surface area contributed by atoms with Crippen LogP contribution in [-0.4, -0.2) is 20.9 Å². The smallest absolute Gasteiger partial charge is 0.341 e. The number of hydrogen-bond acceptors (Lipinski definition) is 3. The number of aromatic carboxylic acids is 1. The van der Waals surface area contributed by atoms with E-state index in [0.29, 0.717) is 0 Å². The Morgan fingerprint density at radius 3 is 2.78 bits per heavy atom. The molecule has 2 aromatic rings. The van der Waals surface area contributed by atoms with E-state index in [9.17, 15) is 4.79 Å². The van der Waals surface area contributed by atoms with Crippen molar-refractivity contribution < 1.29 is 9.90 Å². The van der Waals surface area contributed by atoms with Crippen LogP contribution in [-0.2, 0) is 6.42 Å². The largest absolute Gasteiger partial charge is 0.477 e. The number of para-hydroxylation sites is 1. The SMILES string of the molecule is CCc1cccc(C)c1-n1ncc(C(=O)O)c1N. The van der Waals surface area contributed by atoms with E-state index in [4.69, 9.17) is 10.8 Å². The van der Waals surface area contributed by atoms with Gasteiger partial charge in [0.1, 0.15) is 11.4 Å². The molecule has 0 aliphatic heterocycles. The summed E-state index contributed by atoms with van der Waals surface area (Å²) in [6.45, 7) is 3.99. The molecule has 0 radical (unpaired) electrons. The molecule has 0 fully saturated rings. The van der Waals surface area contributed by atoms with Crippen molar-refractivity contribution in [1.82, 2.24) is 9.78 Å². The summed E-state index contributed by atoms with van der Waals surface area (Å²) in [6, 6.07) is 5.91. The van der Waals surface area contributed by atoms with E-state index in [-0.39, 0.29) is 11.4 Å². The average molecular weight is 245 g/mol. The summed E-state index contributed by atoms with van der Waals surface area (Å²) in [7, 11) is 0. The van der Waals surface area contributed by atoms with E-state index >= 15 is 0 Å². The molecule has 0 aliphatic rings. The van der Waals surface area contributed by atoms with Crippen molar-refractivity contribution in [2.24, 2.45) is 0 Å². The minimum atomic E-state index is -1.06. The molecule has 0 spiro atoms. The first-order valence-electron chi connectivity index (χ1n) is 5.72. The summed E-state index contributed by atoms with van der Waals surface area (Å²) in [5.74, 6) is -0.906. The van der Waals surface area contributed by atoms with Crippen LogP contribution in [0.4, 0.5) is 5.82 Å². The molecule has 0 saturated carbocycles. The van der Waals surface area contributed by atoms with E-state index in [1.165, 1.54) is 10.9 Å². The van der Waals surface area contributed by atoms with Crippen molar-refractivity contribution in [1.29, 1.82) is 0 Å². The third-order valence-electron chi connectivity index (χ3n) is 2.95. The van der Waals surface area contributed by atoms with Crippen LogP contribution in [0.3, 0.4) is 0 Å². The monoisotopic (exact) mass is 245 g/mol. The number of nitrogen functional groups attached to an aromatic ring is 1. The van der Waals surface area contributed by atoms with Crippen molar-refractivity contribution in [3.05, 3.63) is 41.1 Å². The summed E-state index contributed by atoms with van der Waals surface area (Å²) in [6.07, 6.45) is 2.11. The van der Waals surface area contributed by atoms with E-state index in [2.05, 4.69) is 5.10 Å². The van der Waals surface area contributed by atoms with Crippen LogP contribution in [0.1, 0.15) is 28.4 Å². The summed E-state index contributed by atoms with van der Waals surface area (Å²) >= 11 is 0. The van der Waals surface area contributed by atoms with Crippen LogP contribution in [0.5, 0.6) is 0 Å². The molecule has 2 rings (SSSR count). The van der Waals surface area contributed by atoms with Crippen molar-refractivity contribution >= 4 is 11.8 Å². The van der Waals surface area contributed by atoms with Crippen LogP contribution < -0.4 is 5.73 Å². The first-order valence-corrected chi connectivity index (χ1v) is 5.72. The van der Waals surface area contributed by atoms with Gasteiger partial charge in [0, 0.05) is 0 Å². The fraction of sp³-hybridized carbons (Fsp3) is 0.231. The zero-order valence-electron chi connectivity index (χ0n) is 10.3. The summed E-state index contributed by atoms with van der Waals surface area (Å²) in [5.41, 5.74) is 8.84. The number of anilines is 1. The van der Waals surface area contributed by atoms with E-state index in [1.54, 1.807) is 0 Å². The normalized spacial score (nSPS) is 10.6. The minimum Gasteiger partial charge on any atom is -0.477 e. The summed E-state index contributed by atoms with van der Waals surface area (Å²) in [4.78, 5) is 11.0. The Balaban J connectivity index is 2.66. The Morgan fingerprint density at radius 1 is 1.50 bits per heavy atom. The van der Waals surface area contributed by atoms with Gasteiger partial charge in [-0.05, 0) is 24.5 Å². The molecule has 0 amide bonds. The van der Waals surface area contributed by atoms with Gasteiger partial charge < -0.3 is 10.8 Å². The first-order chi connectivity index (χ1) is 8.56. The predicted octanol–water partition coefficient (Wildman–Crippen LogP) is 2.02. The standard InChI is InChI=1S/C13H15N3O2/c1-3-9-6-4-5-8(2)11(9)16-12(14)10(7-15-16)13(17)18/h4-7H,3,14H2,1-2H3,(H,17,18). The van der Waals surface area contributed by atoms with Crippen LogP contribution in [0.2, 0.25) is 0 Å². The fourth-order valence-corrected chi connectivity index (χ4v) is 2.01. The Bertz CT molecular complexity index is 602. The lowest BCUT2D eigenvalue weighted by Crippen LogP contribution is -2.09. The van der Waals surface area contributed by atoms with Gasteiger partial charge in [0.15, 0.2) is 0 Å². The Labute approximate surface area is 105 Å². The van der Waals surface area contributed by atoms with Crippen molar-refractivity contribution in [2.45, 2.75) is 20.3 Å². The molecule has 1 aromatic carbocycles. The number of rotatable bonds is 3. The summed E-state index contributed by atoms with van der Waals surface area (Å²) < 4.78 is 1.50. The van der Waals surface area contributed by atoms with Gasteiger partial charge in [0.25, 0.3) is 0 Å². The zero-order chi connectivity index (χ0) is 13.3. The molecule has 5 nitrogen and oxygen atoms in total. The lowest BCUT2D eigenvalue weighted by molar-refractivity contribution is 0.0698. The highest BCUT2D eigenvalue weighted by atomic mass is 16.4. The molecule has 0 aliphatic carbocycles. The molecule has 0 bridgehead atoms. The Morgan fingerprint density at radius 2 is 2.22 bits per heavy atom. The molecule has 1 heterocycles. The Hall–Kier alpha value is -2.30. The van der Waals surface area contributed by atoms with E-state index in [0.717, 1.165) is 23.2 Å². The van der Waals surface area contributed by atoms with Gasteiger partial charge in [-0.2, -0.15) is 5.10 Å². The van der Waals surface area contributed by atoms with Gasteiger partial charge in [-0.3, -0.25) is 0 Å². The fourth-order valence-electron chi connectivity index (χ4n) is 2.01. The predicted molar refractivity (Wildman–Crippen MR) is 69.1 cm³/mol. The maximum Gasteiger partial charge on any atom is 0.341 e. The number of carboxylic acids is 1. The highest BCUT2D eigenvalue weighted by Gasteiger charge is 2.17. The van der Waals surface area contributed by atoms with Crippen molar-refractivity contribution in [2.75, 3.05) is 5.73 Å². The van der Waals surface area contributed by atoms with Gasteiger partial charge in [-0.1, -0.05) is 25.1 Å². The highest BCUT2D eigenvalue weighted by molar-refractivity contribution is 5.92. The lowest BCUT2D eigenvalue weighted by atomic mass is 10.1. The molecule has 1 aromatic heterocycles. The summed E-state index contributed by atoms with van der Waals surface area (Å²) in [5, 5.41) is 13.1. The quantitative estimate of drug-likeness (QED) is 0.866. The molecule has 3 N–H and O–H groups in total. The number of carbonyl (C=O) groups is 1. The molecule has 0 unspecified atom stereocenters. The van der Waals surface area contributed by atoms with Gasteiger partial charge in [-0.25, -0.2) is 9.48 Å². The molecular formula is C13H15N3O2. The average Bonchev–Trinajstić information content (AvgIpc) is 2.70. The highest BCUT2D eigenvalue weighted by Crippen LogP contribution is 2.24. The van der Waals surface area contributed by atoms with Crippen LogP contribution in [0.15, 0.2) is 24.4 Å². The molecule has 5 heteroatoms. The van der Waals surface area contributed by atoms with Crippen molar-refractivity contribution in [3.8, 4) is 5.69 Å². The molecule has 0 saturated heterocycles. The second-order valence-electron chi connectivity index (χ2n) is 4.10. The number of aromatic nitrogens is 2. The van der Waals surface area contributed by atoms with Crippen LogP contribution in [0.25, 0.3) is 5.69 Å². The third kappa shape index (κ3) is 1.84. The maximum absolute atomic E-state index is 11.0. The third-order valence-corrected chi connectivity index (χ3v) is 2.95. The van der Waals surface area contributed by atoms with Gasteiger partial charge in [-0.15, -0.1) is 0 Å². The van der Waals surface area contributed by atoms with E-state index < -0.39 is 5.97 Å². The number of hydrogen-bond donors (Lipinski definition) is 2. The zero-order valence-corrected chi connectivity index (χ0v) is 10.3. The van der Waals surface area contributed by atoms with Crippen LogP contribution >= 0.6 is 0 Å². The molecule has 0 atom stereocenters. The number of nitrogens with zero attached hydrogens (tertiary/aromatic N) is 2. The number of benzene rings is 1. The van der Waals surface area contributed by atoms with Crippen molar-refractivity contribution in [3.63, 3.8) is 0 Å². The first kappa shape index (κ1) is 12.2. The number of nitrogens with two attached hydrogens (primary N) is 1. The maximum atomic E-state index is 11.0. The Kier molecular flexibility index (Phi) is 3.06. The lowest BCUT2D eigenvalue weighted by Gasteiger charge is -2.12. The van der Waals surface area contributed by atoms with Crippen LogP contribution in [0, 0.1) is 6.92 Å². The topological polar surface area (TPSA) is 81.1 Å². The molecular weight excluding hydrogens is 230 g/mol. The van der Waals surface area contributed by atoms with Gasteiger partial charge in [0.2, 0.25) is 0 Å². The second-order valence-corrected chi connectivity index (χ2v) is 4.10. The minimum absolute atomic E-state index is 0.0281. The van der Waals surface area contributed by atoms with E-state index in [1.807, 2.05) is 32.0 Å². The van der Waals surface area contributed by atoms with Gasteiger partial charge >= 0.3 is 5.97 Å². The second kappa shape index (κ2) is 4.52. The number of aryl methyl sites for hydroxylation is 2.